The van der Waals surface area contributed by atoms with Crippen LogP contribution in [0.5, 0.6) is 0 Å². The molecule has 1 aliphatic rings. The third kappa shape index (κ3) is 3.71. The van der Waals surface area contributed by atoms with Crippen LogP contribution in [-0.2, 0) is 10.0 Å². The van der Waals surface area contributed by atoms with E-state index in [2.05, 4.69) is 26.5 Å². The molecule has 1 saturated heterocycles. The van der Waals surface area contributed by atoms with E-state index in [1.165, 1.54) is 25.0 Å². The van der Waals surface area contributed by atoms with Crippen LogP contribution in [0.25, 0.3) is 11.0 Å². The highest BCUT2D eigenvalue weighted by Gasteiger charge is 2.18. The highest BCUT2D eigenvalue weighted by molar-refractivity contribution is 7.92. The first-order valence-electron chi connectivity index (χ1n) is 9.01. The minimum atomic E-state index is -3.74. The van der Waals surface area contributed by atoms with E-state index in [0.717, 1.165) is 24.7 Å². The molecule has 1 aromatic heterocycles. The van der Waals surface area contributed by atoms with Gasteiger partial charge in [0.05, 0.1) is 15.9 Å². The number of nitrogens with zero attached hydrogens (tertiary/aromatic N) is 1. The number of benzene rings is 2. The van der Waals surface area contributed by atoms with Crippen LogP contribution in [-0.4, -0.2) is 31.5 Å². The zero-order valence-corrected chi connectivity index (χ0v) is 15.8. The first-order valence-corrected chi connectivity index (χ1v) is 10.5. The van der Waals surface area contributed by atoms with Crippen molar-refractivity contribution in [3.8, 4) is 0 Å². The van der Waals surface area contributed by atoms with E-state index < -0.39 is 10.0 Å². The van der Waals surface area contributed by atoms with Gasteiger partial charge < -0.3 is 14.9 Å². The summed E-state index contributed by atoms with van der Waals surface area (Å²) in [6.45, 7) is 4.33. The SMILES string of the molecule is CC1CCN(c2ccc(NS(=O)(=O)c3ccc4[nH]c(=O)[nH]c4c3)cc2)CC1. The standard InChI is InChI=1S/C19H22N4O3S/c1-13-8-10-23(11-9-13)15-4-2-14(3-5-15)22-27(25,26)16-6-7-17-18(12-16)21-19(24)20-17/h2-7,12-13,22H,8-11H2,1H3,(H2,20,21,24). The molecule has 0 unspecified atom stereocenters. The maximum absolute atomic E-state index is 12.7. The lowest BCUT2D eigenvalue weighted by molar-refractivity contribution is 0.438. The van der Waals surface area contributed by atoms with Crippen molar-refractivity contribution in [3.05, 3.63) is 52.9 Å². The predicted octanol–water partition coefficient (Wildman–Crippen LogP) is 2.89. The van der Waals surface area contributed by atoms with Crippen LogP contribution < -0.4 is 15.3 Å². The number of piperidine rings is 1. The molecule has 142 valence electrons. The molecular weight excluding hydrogens is 364 g/mol. The summed E-state index contributed by atoms with van der Waals surface area (Å²) in [5.74, 6) is 0.764. The number of sulfonamides is 1. The lowest BCUT2D eigenvalue weighted by atomic mass is 9.99. The zero-order chi connectivity index (χ0) is 19.0. The third-order valence-electron chi connectivity index (χ3n) is 5.07. The van der Waals surface area contributed by atoms with Crippen molar-refractivity contribution in [2.24, 2.45) is 5.92 Å². The van der Waals surface area contributed by atoms with Crippen molar-refractivity contribution in [3.63, 3.8) is 0 Å². The Hall–Kier alpha value is -2.74. The van der Waals surface area contributed by atoms with E-state index in [-0.39, 0.29) is 10.6 Å². The van der Waals surface area contributed by atoms with Gasteiger partial charge in [0.2, 0.25) is 0 Å². The number of hydrogen-bond donors (Lipinski definition) is 3. The van der Waals surface area contributed by atoms with Crippen LogP contribution in [0, 0.1) is 5.92 Å². The van der Waals surface area contributed by atoms with E-state index in [9.17, 15) is 13.2 Å². The maximum Gasteiger partial charge on any atom is 0.323 e. The van der Waals surface area contributed by atoms with Gasteiger partial charge in [0.1, 0.15) is 0 Å². The van der Waals surface area contributed by atoms with Crippen LogP contribution in [0.2, 0.25) is 0 Å². The normalized spacial score (nSPS) is 16.0. The van der Waals surface area contributed by atoms with Gasteiger partial charge in [-0.2, -0.15) is 0 Å². The number of aromatic nitrogens is 2. The number of fused-ring (bicyclic) bond motifs is 1. The molecule has 7 nitrogen and oxygen atoms in total. The highest BCUT2D eigenvalue weighted by atomic mass is 32.2. The first kappa shape index (κ1) is 17.7. The quantitative estimate of drug-likeness (QED) is 0.642. The molecule has 0 bridgehead atoms. The fourth-order valence-corrected chi connectivity index (χ4v) is 4.48. The molecule has 2 heterocycles. The van der Waals surface area contributed by atoms with Crippen molar-refractivity contribution >= 4 is 32.4 Å². The molecule has 0 aliphatic carbocycles. The molecule has 8 heteroatoms. The molecule has 0 amide bonds. The lowest BCUT2D eigenvalue weighted by Gasteiger charge is -2.32. The maximum atomic E-state index is 12.7. The van der Waals surface area contributed by atoms with Gasteiger partial charge in [-0.15, -0.1) is 0 Å². The molecule has 1 fully saturated rings. The Balaban J connectivity index is 1.52. The number of hydrogen-bond acceptors (Lipinski definition) is 4. The summed E-state index contributed by atoms with van der Waals surface area (Å²) in [5, 5.41) is 0. The first-order chi connectivity index (χ1) is 12.9. The molecule has 3 N–H and O–H groups in total. The summed E-state index contributed by atoms with van der Waals surface area (Å²) < 4.78 is 27.9. The smallest absolute Gasteiger partial charge is 0.323 e. The van der Waals surface area contributed by atoms with E-state index in [4.69, 9.17) is 0 Å². The second kappa shape index (κ2) is 6.77. The summed E-state index contributed by atoms with van der Waals surface area (Å²) in [7, 11) is -3.74. The van der Waals surface area contributed by atoms with E-state index in [1.807, 2.05) is 12.1 Å². The van der Waals surface area contributed by atoms with Gasteiger partial charge in [0.25, 0.3) is 10.0 Å². The van der Waals surface area contributed by atoms with E-state index in [1.54, 1.807) is 18.2 Å². The van der Waals surface area contributed by atoms with Crippen LogP contribution in [0.1, 0.15) is 19.8 Å². The number of anilines is 2. The van der Waals surface area contributed by atoms with E-state index >= 15 is 0 Å². The Labute approximate surface area is 157 Å². The van der Waals surface area contributed by atoms with Crippen molar-refractivity contribution in [2.75, 3.05) is 22.7 Å². The molecular formula is C19H22N4O3S. The average molecular weight is 386 g/mol. The van der Waals surface area contributed by atoms with Crippen LogP contribution in [0.15, 0.2) is 52.2 Å². The topological polar surface area (TPSA) is 98.1 Å². The summed E-state index contributed by atoms with van der Waals surface area (Å²) in [6.07, 6.45) is 2.36. The van der Waals surface area contributed by atoms with Gasteiger partial charge in [0.15, 0.2) is 0 Å². The summed E-state index contributed by atoms with van der Waals surface area (Å²) in [6, 6.07) is 11.9. The second-order valence-corrected chi connectivity index (χ2v) is 8.79. The van der Waals surface area contributed by atoms with Crippen molar-refractivity contribution < 1.29 is 8.42 Å². The zero-order valence-electron chi connectivity index (χ0n) is 15.0. The molecule has 0 spiro atoms. The summed E-state index contributed by atoms with van der Waals surface area (Å²) in [5.41, 5.74) is 2.27. The highest BCUT2D eigenvalue weighted by Crippen LogP contribution is 2.25. The van der Waals surface area contributed by atoms with Gasteiger partial charge >= 0.3 is 5.69 Å². The van der Waals surface area contributed by atoms with Gasteiger partial charge in [-0.1, -0.05) is 6.92 Å². The Kier molecular flexibility index (Phi) is 4.43. The number of H-pyrrole nitrogens is 2. The molecule has 4 rings (SSSR count). The van der Waals surface area contributed by atoms with Crippen LogP contribution >= 0.6 is 0 Å². The molecule has 3 aromatic rings. The Morgan fingerprint density at radius 1 is 1.00 bits per heavy atom. The van der Waals surface area contributed by atoms with Gasteiger partial charge in [-0.05, 0) is 61.2 Å². The molecule has 1 aliphatic heterocycles. The number of nitrogens with one attached hydrogen (secondary N) is 3. The Morgan fingerprint density at radius 2 is 1.67 bits per heavy atom. The van der Waals surface area contributed by atoms with Crippen LogP contribution in [0.3, 0.4) is 0 Å². The van der Waals surface area contributed by atoms with Crippen molar-refractivity contribution in [1.82, 2.24) is 9.97 Å². The minimum Gasteiger partial charge on any atom is -0.372 e. The molecule has 2 aromatic carbocycles. The average Bonchev–Trinajstić information content (AvgIpc) is 3.02. The van der Waals surface area contributed by atoms with Crippen LogP contribution in [0.4, 0.5) is 11.4 Å². The van der Waals surface area contributed by atoms with E-state index in [0.29, 0.717) is 16.7 Å². The van der Waals surface area contributed by atoms with Gasteiger partial charge in [0, 0.05) is 24.5 Å². The molecule has 0 radical (unpaired) electrons. The largest absolute Gasteiger partial charge is 0.372 e. The number of aromatic amines is 2. The fourth-order valence-electron chi connectivity index (χ4n) is 3.40. The van der Waals surface area contributed by atoms with Gasteiger partial charge in [-0.25, -0.2) is 13.2 Å². The molecule has 27 heavy (non-hydrogen) atoms. The summed E-state index contributed by atoms with van der Waals surface area (Å²) in [4.78, 5) is 18.9. The minimum absolute atomic E-state index is 0.0966. The predicted molar refractivity (Wildman–Crippen MR) is 107 cm³/mol. The Bertz CT molecular complexity index is 1110. The Morgan fingerprint density at radius 3 is 2.37 bits per heavy atom. The summed E-state index contributed by atoms with van der Waals surface area (Å²) >= 11 is 0. The monoisotopic (exact) mass is 386 g/mol. The van der Waals surface area contributed by atoms with Gasteiger partial charge in [-0.3, -0.25) is 4.72 Å². The fraction of sp³-hybridized carbons (Fsp3) is 0.316. The third-order valence-corrected chi connectivity index (χ3v) is 6.45. The lowest BCUT2D eigenvalue weighted by Crippen LogP contribution is -2.32. The molecule has 0 saturated carbocycles. The second-order valence-electron chi connectivity index (χ2n) is 7.11. The van der Waals surface area contributed by atoms with Crippen molar-refractivity contribution in [2.45, 2.75) is 24.7 Å². The number of imidazole rings is 1. The molecule has 0 atom stereocenters. The number of rotatable bonds is 4. The van der Waals surface area contributed by atoms with Crippen molar-refractivity contribution in [1.29, 1.82) is 0 Å².